The highest BCUT2D eigenvalue weighted by molar-refractivity contribution is 7.89. The van der Waals surface area contributed by atoms with Gasteiger partial charge in [-0.25, -0.2) is 13.2 Å². The maximum Gasteiger partial charge on any atom is 0.408 e. The van der Waals surface area contributed by atoms with Crippen molar-refractivity contribution in [3.63, 3.8) is 0 Å². The summed E-state index contributed by atoms with van der Waals surface area (Å²) in [6.45, 7) is 4.50. The van der Waals surface area contributed by atoms with Crippen molar-refractivity contribution in [3.05, 3.63) is 84.9 Å². The standard InChI is InChI=1S/C33H41N5O6S/c1-4-31(39)34-19-9-8-16-28(35-33(41)44-24-25-12-6-5-7-13-25)32(40)37-20-22-38(23-21-37)45(42,43)30-18-11-14-26-27(30)15-10-17-29(26)36(2)3/h4-7,10-15,17-18,28H,1,8-9,16,19-24H2,2-3H3,(H,34,39)(H,35,41). The van der Waals surface area contributed by atoms with Crippen molar-refractivity contribution in [1.29, 1.82) is 0 Å². The molecule has 0 radical (unpaired) electrons. The second-order valence-corrected chi connectivity index (χ2v) is 12.9. The Kier molecular flexibility index (Phi) is 11.6. The number of alkyl carbamates (subject to hydrolysis) is 1. The Hall–Kier alpha value is -4.42. The van der Waals surface area contributed by atoms with Gasteiger partial charge in [-0.2, -0.15) is 4.31 Å². The SMILES string of the molecule is C=CC(=O)NCCCCC(NC(=O)OCc1ccccc1)C(=O)N1CCN(S(=O)(=O)c2cccc3c(N(C)C)cccc23)CC1. The van der Waals surface area contributed by atoms with E-state index < -0.39 is 22.2 Å². The molecule has 1 heterocycles. The number of nitrogens with zero attached hydrogens (tertiary/aromatic N) is 3. The molecule has 3 aromatic rings. The molecule has 1 atom stereocenters. The van der Waals surface area contributed by atoms with Gasteiger partial charge in [-0.3, -0.25) is 9.59 Å². The minimum atomic E-state index is -3.84. The third kappa shape index (κ3) is 8.61. The topological polar surface area (TPSA) is 128 Å². The molecule has 0 aliphatic carbocycles. The summed E-state index contributed by atoms with van der Waals surface area (Å²) < 4.78 is 34.4. The van der Waals surface area contributed by atoms with Gasteiger partial charge in [0.15, 0.2) is 0 Å². The molecule has 2 N–H and O–H groups in total. The van der Waals surface area contributed by atoms with E-state index in [0.717, 1.165) is 16.6 Å². The summed E-state index contributed by atoms with van der Waals surface area (Å²) in [6, 6.07) is 19.2. The highest BCUT2D eigenvalue weighted by atomic mass is 32.2. The highest BCUT2D eigenvalue weighted by Crippen LogP contribution is 2.32. The zero-order valence-electron chi connectivity index (χ0n) is 25.8. The average molecular weight is 636 g/mol. The van der Waals surface area contributed by atoms with Crippen molar-refractivity contribution in [2.24, 2.45) is 0 Å². The van der Waals surface area contributed by atoms with Gasteiger partial charge >= 0.3 is 6.09 Å². The number of carbonyl (C=O) groups excluding carboxylic acids is 3. The number of anilines is 1. The van der Waals surface area contributed by atoms with Crippen LogP contribution in [0.15, 0.2) is 84.3 Å². The van der Waals surface area contributed by atoms with Crippen LogP contribution in [0.2, 0.25) is 0 Å². The number of carbonyl (C=O) groups is 3. The van der Waals surface area contributed by atoms with Crippen LogP contribution in [-0.4, -0.2) is 88.4 Å². The van der Waals surface area contributed by atoms with Crippen molar-refractivity contribution >= 4 is 44.4 Å². The molecule has 1 unspecified atom stereocenters. The number of rotatable bonds is 13. The van der Waals surface area contributed by atoms with Crippen LogP contribution in [-0.2, 0) is 31.0 Å². The van der Waals surface area contributed by atoms with Crippen LogP contribution in [0.3, 0.4) is 0 Å². The summed E-state index contributed by atoms with van der Waals surface area (Å²) in [5.41, 5.74) is 1.74. The Morgan fingerprint density at radius 3 is 2.31 bits per heavy atom. The quantitative estimate of drug-likeness (QED) is 0.217. The summed E-state index contributed by atoms with van der Waals surface area (Å²) in [5.74, 6) is -0.584. The first kappa shape index (κ1) is 33.5. The lowest BCUT2D eigenvalue weighted by Crippen LogP contribution is -2.55. The van der Waals surface area contributed by atoms with E-state index in [4.69, 9.17) is 4.74 Å². The molecule has 1 saturated heterocycles. The first-order chi connectivity index (χ1) is 21.6. The first-order valence-corrected chi connectivity index (χ1v) is 16.4. The number of fused-ring (bicyclic) bond motifs is 1. The van der Waals surface area contributed by atoms with Crippen molar-refractivity contribution in [2.45, 2.75) is 36.8 Å². The summed E-state index contributed by atoms with van der Waals surface area (Å²) in [7, 11) is -0.00796. The molecular formula is C33H41N5O6S. The number of hydrogen-bond donors (Lipinski definition) is 2. The first-order valence-electron chi connectivity index (χ1n) is 15.0. The van der Waals surface area contributed by atoms with Crippen LogP contribution in [0.4, 0.5) is 10.5 Å². The van der Waals surface area contributed by atoms with E-state index in [2.05, 4.69) is 17.2 Å². The van der Waals surface area contributed by atoms with Gasteiger partial charge < -0.3 is 25.2 Å². The summed E-state index contributed by atoms with van der Waals surface area (Å²) in [5, 5.41) is 6.89. The van der Waals surface area contributed by atoms with E-state index in [0.29, 0.717) is 31.2 Å². The number of unbranched alkanes of at least 4 members (excludes halogenated alkanes) is 1. The lowest BCUT2D eigenvalue weighted by Gasteiger charge is -2.36. The zero-order valence-corrected chi connectivity index (χ0v) is 26.6. The fraction of sp³-hybridized carbons (Fsp3) is 0.364. The van der Waals surface area contributed by atoms with Crippen molar-refractivity contribution < 1.29 is 27.5 Å². The molecule has 1 aliphatic heterocycles. The maximum absolute atomic E-state index is 13.8. The van der Waals surface area contributed by atoms with Crippen LogP contribution >= 0.6 is 0 Å². The summed E-state index contributed by atoms with van der Waals surface area (Å²) >= 11 is 0. The molecule has 45 heavy (non-hydrogen) atoms. The third-order valence-corrected chi connectivity index (χ3v) is 9.67. The van der Waals surface area contributed by atoms with Gasteiger partial charge in [0.25, 0.3) is 0 Å². The zero-order chi connectivity index (χ0) is 32.4. The molecule has 0 aromatic heterocycles. The van der Waals surface area contributed by atoms with Crippen LogP contribution in [0.25, 0.3) is 10.8 Å². The number of ether oxygens (including phenoxy) is 1. The van der Waals surface area contributed by atoms with Crippen LogP contribution in [0.5, 0.6) is 0 Å². The molecule has 12 heteroatoms. The van der Waals surface area contributed by atoms with Crippen LogP contribution in [0, 0.1) is 0 Å². The minimum absolute atomic E-state index is 0.0574. The van der Waals surface area contributed by atoms with Crippen LogP contribution < -0.4 is 15.5 Å². The molecule has 0 bridgehead atoms. The molecule has 11 nitrogen and oxygen atoms in total. The van der Waals surface area contributed by atoms with Gasteiger partial charge in [-0.1, -0.05) is 61.2 Å². The fourth-order valence-electron chi connectivity index (χ4n) is 5.31. The second kappa shape index (κ2) is 15.5. The number of amides is 3. The van der Waals surface area contributed by atoms with Gasteiger partial charge in [0.05, 0.1) is 4.90 Å². The van der Waals surface area contributed by atoms with Gasteiger partial charge in [-0.15, -0.1) is 0 Å². The molecule has 240 valence electrons. The Morgan fingerprint density at radius 1 is 0.933 bits per heavy atom. The largest absolute Gasteiger partial charge is 0.445 e. The van der Waals surface area contributed by atoms with E-state index in [1.54, 1.807) is 17.0 Å². The summed E-state index contributed by atoms with van der Waals surface area (Å²) in [4.78, 5) is 41.5. The number of piperazine rings is 1. The normalized spacial score (nSPS) is 14.4. The van der Waals surface area contributed by atoms with E-state index in [9.17, 15) is 22.8 Å². The fourth-order valence-corrected chi connectivity index (χ4v) is 6.94. The predicted octanol–water partition coefficient (Wildman–Crippen LogP) is 3.51. The second-order valence-electron chi connectivity index (χ2n) is 11.0. The number of sulfonamides is 1. The predicted molar refractivity (Wildman–Crippen MR) is 174 cm³/mol. The van der Waals surface area contributed by atoms with Crippen molar-refractivity contribution in [2.75, 3.05) is 51.7 Å². The molecular weight excluding hydrogens is 594 g/mol. The number of hydrogen-bond acceptors (Lipinski definition) is 7. The highest BCUT2D eigenvalue weighted by Gasteiger charge is 2.34. The Morgan fingerprint density at radius 2 is 1.62 bits per heavy atom. The van der Waals surface area contributed by atoms with E-state index in [-0.39, 0.29) is 49.5 Å². The van der Waals surface area contributed by atoms with Gasteiger partial charge in [0.2, 0.25) is 21.8 Å². The lowest BCUT2D eigenvalue weighted by molar-refractivity contribution is -0.134. The van der Waals surface area contributed by atoms with Crippen LogP contribution in [0.1, 0.15) is 24.8 Å². The average Bonchev–Trinajstić information content (AvgIpc) is 3.06. The Bertz CT molecular complexity index is 1600. The molecule has 4 rings (SSSR count). The van der Waals surface area contributed by atoms with Crippen molar-refractivity contribution in [1.82, 2.24) is 19.8 Å². The van der Waals surface area contributed by atoms with E-state index in [1.807, 2.05) is 73.6 Å². The Labute approximate surface area is 264 Å². The molecule has 3 amide bonds. The van der Waals surface area contributed by atoms with Gasteiger partial charge in [-0.05, 0) is 43.0 Å². The smallest absolute Gasteiger partial charge is 0.408 e. The van der Waals surface area contributed by atoms with Gasteiger partial charge in [0.1, 0.15) is 12.6 Å². The monoisotopic (exact) mass is 635 g/mol. The molecule has 0 saturated carbocycles. The van der Waals surface area contributed by atoms with E-state index in [1.165, 1.54) is 10.4 Å². The minimum Gasteiger partial charge on any atom is -0.445 e. The molecule has 1 aliphatic rings. The number of benzene rings is 3. The summed E-state index contributed by atoms with van der Waals surface area (Å²) in [6.07, 6.45) is 1.95. The molecule has 0 spiro atoms. The maximum atomic E-state index is 13.8. The van der Waals surface area contributed by atoms with E-state index >= 15 is 0 Å². The molecule has 3 aromatic carbocycles. The Balaban J connectivity index is 1.41. The van der Waals surface area contributed by atoms with Gasteiger partial charge in [0, 0.05) is 63.3 Å². The lowest BCUT2D eigenvalue weighted by atomic mass is 10.1. The third-order valence-electron chi connectivity index (χ3n) is 7.72. The van der Waals surface area contributed by atoms with Crippen molar-refractivity contribution in [3.8, 4) is 0 Å². The number of nitrogens with one attached hydrogen (secondary N) is 2. The molecule has 1 fully saturated rings.